The van der Waals surface area contributed by atoms with Crippen LogP contribution in [0.4, 0.5) is 0 Å². The van der Waals surface area contributed by atoms with Crippen LogP contribution in [0.25, 0.3) is 0 Å². The van der Waals surface area contributed by atoms with E-state index in [1.54, 1.807) is 6.07 Å². The maximum Gasteiger partial charge on any atom is 0.348 e. The van der Waals surface area contributed by atoms with Gasteiger partial charge in [-0.1, -0.05) is 49.4 Å². The molecule has 0 radical (unpaired) electrons. The molecule has 1 fully saturated rings. The van der Waals surface area contributed by atoms with Crippen LogP contribution in [0.15, 0.2) is 54.6 Å². The first-order chi connectivity index (χ1) is 17.0. The first-order valence-electron chi connectivity index (χ1n) is 12.3. The summed E-state index contributed by atoms with van der Waals surface area (Å²) < 4.78 is 4.76. The molecule has 0 saturated carbocycles. The van der Waals surface area contributed by atoms with Crippen molar-refractivity contribution in [3.8, 4) is 11.8 Å². The van der Waals surface area contributed by atoms with Crippen LogP contribution < -0.4 is 0 Å². The lowest BCUT2D eigenvalue weighted by atomic mass is 9.99. The van der Waals surface area contributed by atoms with E-state index in [0.29, 0.717) is 24.3 Å². The third kappa shape index (κ3) is 8.38. The van der Waals surface area contributed by atoms with Crippen LogP contribution in [0.5, 0.6) is 0 Å². The number of hydrogen-bond acceptors (Lipinski definition) is 5. The fourth-order valence-corrected chi connectivity index (χ4v) is 5.09. The molecule has 1 aliphatic heterocycles. The van der Waals surface area contributed by atoms with Crippen LogP contribution in [-0.2, 0) is 22.4 Å². The van der Waals surface area contributed by atoms with E-state index in [0.717, 1.165) is 37.0 Å². The van der Waals surface area contributed by atoms with Crippen molar-refractivity contribution in [2.45, 2.75) is 64.0 Å². The quantitative estimate of drug-likeness (QED) is 0.271. The van der Waals surface area contributed by atoms with Crippen LogP contribution in [0, 0.1) is 17.8 Å². The van der Waals surface area contributed by atoms with Crippen LogP contribution in [0.1, 0.15) is 59.1 Å². The van der Waals surface area contributed by atoms with Crippen molar-refractivity contribution in [1.29, 1.82) is 0 Å². The molecule has 186 valence electrons. The molecule has 1 aliphatic rings. The summed E-state index contributed by atoms with van der Waals surface area (Å²) in [4.78, 5) is 27.6. The maximum atomic E-state index is 12.4. The van der Waals surface area contributed by atoms with E-state index in [1.807, 2.05) is 48.2 Å². The molecule has 0 bridgehead atoms. The van der Waals surface area contributed by atoms with Gasteiger partial charge in [-0.25, -0.2) is 4.79 Å². The van der Waals surface area contributed by atoms with E-state index in [4.69, 9.17) is 4.74 Å². The van der Waals surface area contributed by atoms with Gasteiger partial charge in [0.1, 0.15) is 4.88 Å². The first-order valence-corrected chi connectivity index (χ1v) is 13.1. The van der Waals surface area contributed by atoms with Crippen molar-refractivity contribution in [3.05, 3.63) is 69.9 Å². The van der Waals surface area contributed by atoms with Crippen molar-refractivity contribution >= 4 is 23.2 Å². The van der Waals surface area contributed by atoms with E-state index in [-0.39, 0.29) is 23.8 Å². The highest BCUT2D eigenvalue weighted by Crippen LogP contribution is 2.23. The van der Waals surface area contributed by atoms with E-state index in [9.17, 15) is 14.7 Å². The van der Waals surface area contributed by atoms with Crippen LogP contribution in [0.2, 0.25) is 0 Å². The van der Waals surface area contributed by atoms with Gasteiger partial charge in [0.2, 0.25) is 5.91 Å². The average molecular weight is 494 g/mol. The minimum absolute atomic E-state index is 0.0234. The number of esters is 1. The largest absolute Gasteiger partial charge is 0.465 e. The summed E-state index contributed by atoms with van der Waals surface area (Å²) in [6.07, 6.45) is 8.58. The van der Waals surface area contributed by atoms with Gasteiger partial charge in [-0.05, 0) is 49.3 Å². The molecular formula is C29H35NO4S. The van der Waals surface area contributed by atoms with Gasteiger partial charge in [0, 0.05) is 30.7 Å². The molecule has 1 aromatic carbocycles. The van der Waals surface area contributed by atoms with Gasteiger partial charge in [0.25, 0.3) is 0 Å². The Bertz CT molecular complexity index is 1050. The fourth-order valence-electron chi connectivity index (χ4n) is 4.12. The summed E-state index contributed by atoms with van der Waals surface area (Å²) in [6, 6.07) is 14.1. The van der Waals surface area contributed by atoms with Crippen LogP contribution in [0.3, 0.4) is 0 Å². The summed E-state index contributed by atoms with van der Waals surface area (Å²) in [6.45, 7) is 2.67. The third-order valence-electron chi connectivity index (χ3n) is 6.29. The zero-order valence-electron chi connectivity index (χ0n) is 20.6. The second-order valence-corrected chi connectivity index (χ2v) is 10.1. The summed E-state index contributed by atoms with van der Waals surface area (Å²) in [5.74, 6) is 6.29. The summed E-state index contributed by atoms with van der Waals surface area (Å²) in [5, 5.41) is 10.6. The average Bonchev–Trinajstić information content (AvgIpc) is 3.49. The molecule has 1 saturated heterocycles. The highest BCUT2D eigenvalue weighted by molar-refractivity contribution is 7.13. The molecule has 0 aliphatic carbocycles. The zero-order chi connectivity index (χ0) is 25.0. The lowest BCUT2D eigenvalue weighted by Crippen LogP contribution is -2.33. The number of hydrogen-bond donors (Lipinski definition) is 1. The van der Waals surface area contributed by atoms with E-state index in [1.165, 1.54) is 24.0 Å². The van der Waals surface area contributed by atoms with Gasteiger partial charge in [-0.3, -0.25) is 4.79 Å². The number of amides is 1. The molecule has 1 aromatic heterocycles. The SMILES string of the molecule is COC(=O)c1ccc(CCCN2C(=O)CC[C@@H]2C=C[C@H](O)[C@H](C)CC#CCCc2ccccc2)s1. The van der Waals surface area contributed by atoms with Gasteiger partial charge in [-0.2, -0.15) is 0 Å². The van der Waals surface area contributed by atoms with E-state index >= 15 is 0 Å². The standard InChI is InChI=1S/C29H35NO4S/c1-22(10-5-3-6-11-23-12-7-4-8-13-23)26(31)18-15-24-16-20-28(32)30(24)21-9-14-25-17-19-27(35-25)29(33)34-2/h4,7-8,12-13,15,17-19,22,24,26,31H,6,9-11,14,16,20-21H2,1-2H3/t22-,24+,26+/m1/s1. The van der Waals surface area contributed by atoms with Crippen molar-refractivity contribution in [2.75, 3.05) is 13.7 Å². The predicted octanol–water partition coefficient (Wildman–Crippen LogP) is 5.04. The second kappa shape index (κ2) is 13.9. The van der Waals surface area contributed by atoms with Crippen LogP contribution >= 0.6 is 11.3 Å². The number of nitrogens with zero attached hydrogens (tertiary/aromatic N) is 1. The molecule has 3 rings (SSSR count). The molecule has 0 spiro atoms. The monoisotopic (exact) mass is 493 g/mol. The molecule has 1 amide bonds. The van der Waals surface area contributed by atoms with Crippen molar-refractivity contribution in [3.63, 3.8) is 0 Å². The van der Waals surface area contributed by atoms with Crippen molar-refractivity contribution in [2.24, 2.45) is 5.92 Å². The second-order valence-electron chi connectivity index (χ2n) is 8.95. The number of carbonyl (C=O) groups is 2. The highest BCUT2D eigenvalue weighted by Gasteiger charge is 2.28. The number of benzene rings is 1. The number of aliphatic hydroxyl groups is 1. The molecule has 0 unspecified atom stereocenters. The third-order valence-corrected chi connectivity index (χ3v) is 7.41. The number of thiophene rings is 1. The smallest absolute Gasteiger partial charge is 0.348 e. The number of aryl methyl sites for hydroxylation is 2. The molecule has 1 N–H and O–H groups in total. The van der Waals surface area contributed by atoms with E-state index < -0.39 is 6.10 Å². The number of carbonyl (C=O) groups excluding carboxylic acids is 2. The molecule has 5 nitrogen and oxygen atoms in total. The lowest BCUT2D eigenvalue weighted by molar-refractivity contribution is -0.128. The Morgan fingerprint density at radius 1 is 1.23 bits per heavy atom. The number of methoxy groups -OCH3 is 1. The minimum atomic E-state index is -0.584. The molecule has 2 heterocycles. The summed E-state index contributed by atoms with van der Waals surface area (Å²) >= 11 is 1.44. The van der Waals surface area contributed by atoms with Gasteiger partial charge in [0.05, 0.1) is 19.3 Å². The molecule has 6 heteroatoms. The Morgan fingerprint density at radius 3 is 2.80 bits per heavy atom. The molecular weight excluding hydrogens is 458 g/mol. The number of likely N-dealkylation sites (tertiary alicyclic amines) is 1. The maximum absolute atomic E-state index is 12.4. The molecule has 3 atom stereocenters. The minimum Gasteiger partial charge on any atom is -0.465 e. The van der Waals surface area contributed by atoms with Gasteiger partial charge >= 0.3 is 5.97 Å². The number of ether oxygens (including phenoxy) is 1. The molecule has 35 heavy (non-hydrogen) atoms. The Balaban J connectivity index is 1.41. The molecule has 2 aromatic rings. The Labute approximate surface area is 212 Å². The predicted molar refractivity (Wildman–Crippen MR) is 140 cm³/mol. The Morgan fingerprint density at radius 2 is 2.03 bits per heavy atom. The lowest BCUT2D eigenvalue weighted by Gasteiger charge is -2.23. The zero-order valence-corrected chi connectivity index (χ0v) is 21.4. The Kier molecular flexibility index (Phi) is 10.6. The Hall–Kier alpha value is -2.88. The van der Waals surface area contributed by atoms with Gasteiger partial charge in [0.15, 0.2) is 0 Å². The van der Waals surface area contributed by atoms with Gasteiger partial charge in [-0.15, -0.1) is 23.2 Å². The van der Waals surface area contributed by atoms with Crippen molar-refractivity contribution < 1.29 is 19.4 Å². The van der Waals surface area contributed by atoms with Crippen LogP contribution in [-0.4, -0.2) is 47.7 Å². The fraction of sp³-hybridized carbons (Fsp3) is 0.448. The normalized spacial score (nSPS) is 17.3. The number of rotatable bonds is 11. The highest BCUT2D eigenvalue weighted by atomic mass is 32.1. The van der Waals surface area contributed by atoms with Gasteiger partial charge < -0.3 is 14.7 Å². The van der Waals surface area contributed by atoms with E-state index in [2.05, 4.69) is 24.0 Å². The summed E-state index contributed by atoms with van der Waals surface area (Å²) in [7, 11) is 1.38. The topological polar surface area (TPSA) is 66.8 Å². The summed E-state index contributed by atoms with van der Waals surface area (Å²) in [5.41, 5.74) is 1.29. The first kappa shape index (κ1) is 26.7. The van der Waals surface area contributed by atoms with Crippen molar-refractivity contribution in [1.82, 2.24) is 4.90 Å². The number of aliphatic hydroxyl groups excluding tert-OH is 1.